The molecule has 0 spiro atoms. The highest BCUT2D eigenvalue weighted by atomic mass is 16.3. The van der Waals surface area contributed by atoms with E-state index in [4.69, 9.17) is 4.42 Å². The van der Waals surface area contributed by atoms with Crippen LogP contribution in [0.2, 0.25) is 0 Å². The van der Waals surface area contributed by atoms with Gasteiger partial charge in [0.25, 0.3) is 0 Å². The van der Waals surface area contributed by atoms with Gasteiger partial charge in [0.1, 0.15) is 17.6 Å². The Labute approximate surface area is 193 Å². The Morgan fingerprint density at radius 3 is 2.48 bits per heavy atom. The summed E-state index contributed by atoms with van der Waals surface area (Å²) in [6.45, 7) is 5.36. The van der Waals surface area contributed by atoms with Gasteiger partial charge in [-0.15, -0.1) is 0 Å². The zero-order valence-corrected chi connectivity index (χ0v) is 18.8. The smallest absolute Gasteiger partial charge is 0.195 e. The highest BCUT2D eigenvalue weighted by molar-refractivity contribution is 5.87. The largest absolute Gasteiger partial charge is 0.450 e. The molecule has 0 radical (unpaired) electrons. The summed E-state index contributed by atoms with van der Waals surface area (Å²) in [7, 11) is 2.18. The topological polar surface area (TPSA) is 77.7 Å². The maximum absolute atomic E-state index is 9.91. The molecule has 33 heavy (non-hydrogen) atoms. The third kappa shape index (κ3) is 4.90. The van der Waals surface area contributed by atoms with Crippen LogP contribution in [0.3, 0.4) is 0 Å². The molecule has 0 saturated carbocycles. The number of hydrogen-bond donors (Lipinski definition) is 2. The number of aromatic nitrogens is 2. The van der Waals surface area contributed by atoms with E-state index in [9.17, 15) is 5.11 Å². The fraction of sp³-hybridized carbons (Fsp3) is 0.308. The average Bonchev–Trinajstić information content (AvgIpc) is 3.30. The summed E-state index contributed by atoms with van der Waals surface area (Å²) in [6, 6.07) is 20.0. The van der Waals surface area contributed by atoms with E-state index >= 15 is 0 Å². The van der Waals surface area contributed by atoms with Crippen molar-refractivity contribution in [1.29, 1.82) is 0 Å². The lowest BCUT2D eigenvalue weighted by Crippen LogP contribution is -2.43. The van der Waals surface area contributed by atoms with Gasteiger partial charge in [0, 0.05) is 44.4 Å². The number of fused-ring (bicyclic) bond motifs is 1. The first-order chi connectivity index (χ1) is 16.2. The second kappa shape index (κ2) is 9.70. The first-order valence-corrected chi connectivity index (χ1v) is 11.4. The Hall–Kier alpha value is -3.26. The SMILES string of the molecule is CN1CCN(Cc2ccc(-c3cc4ncnc(NC(CO)c5ccccc5)c4o3)cc2)CC1. The van der Waals surface area contributed by atoms with Crippen LogP contribution < -0.4 is 5.32 Å². The van der Waals surface area contributed by atoms with Crippen molar-refractivity contribution in [1.82, 2.24) is 19.8 Å². The van der Waals surface area contributed by atoms with Crippen LogP contribution in [0.15, 0.2) is 71.4 Å². The molecule has 2 aromatic heterocycles. The maximum atomic E-state index is 9.91. The summed E-state index contributed by atoms with van der Waals surface area (Å²) < 4.78 is 6.18. The molecule has 5 rings (SSSR count). The first-order valence-electron chi connectivity index (χ1n) is 11.4. The molecule has 1 saturated heterocycles. The molecule has 0 bridgehead atoms. The number of benzene rings is 2. The fourth-order valence-electron chi connectivity index (χ4n) is 4.22. The van der Waals surface area contributed by atoms with Gasteiger partial charge in [-0.2, -0.15) is 0 Å². The Kier molecular flexibility index (Phi) is 6.35. The quantitative estimate of drug-likeness (QED) is 0.450. The van der Waals surface area contributed by atoms with Gasteiger partial charge in [0.15, 0.2) is 11.4 Å². The molecule has 2 aromatic carbocycles. The van der Waals surface area contributed by atoms with Crippen molar-refractivity contribution in [3.05, 3.63) is 78.1 Å². The normalized spacial score (nSPS) is 16.2. The van der Waals surface area contributed by atoms with E-state index in [2.05, 4.69) is 56.4 Å². The fourth-order valence-corrected chi connectivity index (χ4v) is 4.22. The maximum Gasteiger partial charge on any atom is 0.195 e. The van der Waals surface area contributed by atoms with E-state index in [0.717, 1.165) is 55.1 Å². The molecule has 7 heteroatoms. The molecule has 2 N–H and O–H groups in total. The van der Waals surface area contributed by atoms with Crippen LogP contribution in [0, 0.1) is 0 Å². The summed E-state index contributed by atoms with van der Waals surface area (Å²) in [6.07, 6.45) is 1.52. The van der Waals surface area contributed by atoms with E-state index in [1.165, 1.54) is 11.9 Å². The zero-order valence-electron chi connectivity index (χ0n) is 18.8. The Balaban J connectivity index is 1.34. The molecule has 0 aliphatic carbocycles. The number of aliphatic hydroxyl groups is 1. The monoisotopic (exact) mass is 443 g/mol. The van der Waals surface area contributed by atoms with Crippen LogP contribution in [0.25, 0.3) is 22.4 Å². The van der Waals surface area contributed by atoms with Gasteiger partial charge in [-0.3, -0.25) is 4.90 Å². The lowest BCUT2D eigenvalue weighted by molar-refractivity contribution is 0.148. The van der Waals surface area contributed by atoms with E-state index in [-0.39, 0.29) is 12.6 Å². The highest BCUT2D eigenvalue weighted by Gasteiger charge is 2.17. The number of nitrogens with one attached hydrogen (secondary N) is 1. The summed E-state index contributed by atoms with van der Waals surface area (Å²) in [5.74, 6) is 1.32. The van der Waals surface area contributed by atoms with Crippen molar-refractivity contribution >= 4 is 16.9 Å². The van der Waals surface area contributed by atoms with Gasteiger partial charge in [0.2, 0.25) is 0 Å². The predicted octanol–water partition coefficient (Wildman–Crippen LogP) is 3.78. The highest BCUT2D eigenvalue weighted by Crippen LogP contribution is 2.31. The van der Waals surface area contributed by atoms with Crippen LogP contribution in [0.1, 0.15) is 17.2 Å². The number of piperazine rings is 1. The van der Waals surface area contributed by atoms with Crippen molar-refractivity contribution < 1.29 is 9.52 Å². The molecule has 170 valence electrons. The number of furan rings is 1. The van der Waals surface area contributed by atoms with E-state index in [1.807, 2.05) is 36.4 Å². The second-order valence-corrected chi connectivity index (χ2v) is 8.61. The lowest BCUT2D eigenvalue weighted by atomic mass is 10.1. The molecule has 1 fully saturated rings. The number of rotatable bonds is 7. The van der Waals surface area contributed by atoms with Gasteiger partial charge in [-0.25, -0.2) is 9.97 Å². The number of anilines is 1. The van der Waals surface area contributed by atoms with Crippen molar-refractivity contribution in [2.75, 3.05) is 45.2 Å². The van der Waals surface area contributed by atoms with E-state index < -0.39 is 0 Å². The number of likely N-dealkylation sites (N-methyl/N-ethyl adjacent to an activating group) is 1. The predicted molar refractivity (Wildman–Crippen MR) is 130 cm³/mol. The van der Waals surface area contributed by atoms with Gasteiger partial charge < -0.3 is 19.7 Å². The van der Waals surface area contributed by atoms with Crippen LogP contribution in [-0.4, -0.2) is 64.7 Å². The molecule has 7 nitrogen and oxygen atoms in total. The van der Waals surface area contributed by atoms with Crippen molar-refractivity contribution in [2.45, 2.75) is 12.6 Å². The van der Waals surface area contributed by atoms with Crippen LogP contribution >= 0.6 is 0 Å². The molecule has 4 aromatic rings. The second-order valence-electron chi connectivity index (χ2n) is 8.61. The lowest BCUT2D eigenvalue weighted by Gasteiger charge is -2.32. The third-order valence-electron chi connectivity index (χ3n) is 6.25. The van der Waals surface area contributed by atoms with Gasteiger partial charge in [-0.1, -0.05) is 54.6 Å². The van der Waals surface area contributed by atoms with Crippen molar-refractivity contribution in [2.24, 2.45) is 0 Å². The number of nitrogens with zero attached hydrogens (tertiary/aromatic N) is 4. The molecular weight excluding hydrogens is 414 g/mol. The third-order valence-corrected chi connectivity index (χ3v) is 6.25. The Morgan fingerprint density at radius 2 is 1.76 bits per heavy atom. The Morgan fingerprint density at radius 1 is 1.00 bits per heavy atom. The minimum absolute atomic E-state index is 0.0577. The van der Waals surface area contributed by atoms with Crippen LogP contribution in [-0.2, 0) is 6.54 Å². The summed E-state index contributed by atoms with van der Waals surface area (Å²) in [5.41, 5.74) is 4.60. The zero-order chi connectivity index (χ0) is 22.6. The van der Waals surface area contributed by atoms with Crippen LogP contribution in [0.4, 0.5) is 5.82 Å². The van der Waals surface area contributed by atoms with Crippen molar-refractivity contribution in [3.8, 4) is 11.3 Å². The molecule has 1 aliphatic heterocycles. The molecular formula is C26H29N5O2. The minimum Gasteiger partial charge on any atom is -0.450 e. The average molecular weight is 444 g/mol. The summed E-state index contributed by atoms with van der Waals surface area (Å²) >= 11 is 0. The summed E-state index contributed by atoms with van der Waals surface area (Å²) in [5, 5.41) is 13.2. The van der Waals surface area contributed by atoms with E-state index in [1.54, 1.807) is 0 Å². The van der Waals surface area contributed by atoms with Crippen molar-refractivity contribution in [3.63, 3.8) is 0 Å². The van der Waals surface area contributed by atoms with Crippen LogP contribution in [0.5, 0.6) is 0 Å². The summed E-state index contributed by atoms with van der Waals surface area (Å²) in [4.78, 5) is 13.6. The number of aliphatic hydroxyl groups excluding tert-OH is 1. The first kappa shape index (κ1) is 21.6. The standard InChI is InChI=1S/C26H29N5O2/c1-30-11-13-31(14-12-30)16-19-7-9-21(10-8-19)24-15-22-25(33-24)26(28-18-27-22)29-23(17-32)20-5-3-2-4-6-20/h2-10,15,18,23,32H,11-14,16-17H2,1H3,(H,27,28,29). The molecule has 1 atom stereocenters. The molecule has 0 amide bonds. The van der Waals surface area contributed by atoms with E-state index in [0.29, 0.717) is 11.4 Å². The molecule has 1 aliphatic rings. The van der Waals surface area contributed by atoms with Gasteiger partial charge in [0.05, 0.1) is 12.6 Å². The number of hydrogen-bond acceptors (Lipinski definition) is 7. The van der Waals surface area contributed by atoms with Gasteiger partial charge in [-0.05, 0) is 18.2 Å². The minimum atomic E-state index is -0.285. The Bertz CT molecular complexity index is 1180. The molecule has 3 heterocycles. The molecule has 1 unspecified atom stereocenters. The van der Waals surface area contributed by atoms with Gasteiger partial charge >= 0.3 is 0 Å².